The van der Waals surface area contributed by atoms with Gasteiger partial charge in [-0.2, -0.15) is 0 Å². The molecule has 2 N–H and O–H groups in total. The zero-order valence-corrected chi connectivity index (χ0v) is 11.6. The third-order valence-electron chi connectivity index (χ3n) is 2.11. The molecule has 0 atom stereocenters. The summed E-state index contributed by atoms with van der Waals surface area (Å²) in [5, 5.41) is 11.9. The Morgan fingerprint density at radius 3 is 2.89 bits per heavy atom. The molecule has 0 aliphatic rings. The van der Waals surface area contributed by atoms with Crippen LogP contribution in [0.2, 0.25) is 5.02 Å². The molecular weight excluding hydrogens is 266 g/mol. The summed E-state index contributed by atoms with van der Waals surface area (Å²) in [6, 6.07) is 4.95. The van der Waals surface area contributed by atoms with Crippen molar-refractivity contribution in [1.29, 1.82) is 0 Å². The third kappa shape index (κ3) is 5.75. The summed E-state index contributed by atoms with van der Waals surface area (Å²) in [6.45, 7) is 3.44. The van der Waals surface area contributed by atoms with E-state index in [1.54, 1.807) is 18.2 Å². The summed E-state index contributed by atoms with van der Waals surface area (Å²) in [4.78, 5) is 11.7. The van der Waals surface area contributed by atoms with E-state index in [4.69, 9.17) is 21.4 Å². The highest BCUT2D eigenvalue weighted by molar-refractivity contribution is 6.30. The second-order valence-electron chi connectivity index (χ2n) is 4.06. The summed E-state index contributed by atoms with van der Waals surface area (Å²) in [5.74, 6) is 4.99. The van der Waals surface area contributed by atoms with Gasteiger partial charge in [0.25, 0.3) is 0 Å². The molecule has 0 aliphatic heterocycles. The number of ether oxygens (including phenoxy) is 1. The number of carbonyl (C=O) groups excluding carboxylic acids is 1. The van der Waals surface area contributed by atoms with Gasteiger partial charge in [0.2, 0.25) is 5.91 Å². The lowest BCUT2D eigenvalue weighted by Gasteiger charge is -2.10. The van der Waals surface area contributed by atoms with E-state index in [-0.39, 0.29) is 25.2 Å². The number of hydrogen-bond acceptors (Lipinski definition) is 3. The van der Waals surface area contributed by atoms with Crippen molar-refractivity contribution in [2.75, 3.05) is 18.5 Å². The number of carbonyl (C=O) groups is 1. The Hall–Kier alpha value is -1.54. The number of benzene rings is 1. The van der Waals surface area contributed by atoms with Crippen molar-refractivity contribution >= 4 is 23.2 Å². The first-order chi connectivity index (χ1) is 9.02. The Kier molecular flexibility index (Phi) is 6.37. The summed E-state index contributed by atoms with van der Waals surface area (Å²) >= 11 is 5.87. The molecule has 5 heteroatoms. The number of halogens is 1. The van der Waals surface area contributed by atoms with E-state index >= 15 is 0 Å². The molecule has 0 aromatic heterocycles. The minimum Gasteiger partial charge on any atom is -0.384 e. The van der Waals surface area contributed by atoms with Crippen LogP contribution < -0.4 is 5.32 Å². The van der Waals surface area contributed by atoms with Gasteiger partial charge in [-0.1, -0.05) is 23.4 Å². The van der Waals surface area contributed by atoms with E-state index < -0.39 is 0 Å². The number of nitrogens with one attached hydrogen (secondary N) is 1. The SMILES string of the molecule is CC(C)OCC(=O)Nc1ccc(Cl)cc1C#CCO. The fourth-order valence-corrected chi connectivity index (χ4v) is 1.46. The largest absolute Gasteiger partial charge is 0.384 e. The molecule has 19 heavy (non-hydrogen) atoms. The van der Waals surface area contributed by atoms with Crippen LogP contribution in [0.4, 0.5) is 5.69 Å². The lowest BCUT2D eigenvalue weighted by atomic mass is 10.2. The second-order valence-corrected chi connectivity index (χ2v) is 4.49. The van der Waals surface area contributed by atoms with E-state index in [0.29, 0.717) is 16.3 Å². The maximum Gasteiger partial charge on any atom is 0.250 e. The molecule has 1 aromatic carbocycles. The van der Waals surface area contributed by atoms with Gasteiger partial charge in [-0.15, -0.1) is 0 Å². The third-order valence-corrected chi connectivity index (χ3v) is 2.34. The Morgan fingerprint density at radius 2 is 2.26 bits per heavy atom. The molecular formula is C14H16ClNO3. The van der Waals surface area contributed by atoms with Crippen molar-refractivity contribution in [2.45, 2.75) is 20.0 Å². The zero-order valence-electron chi connectivity index (χ0n) is 10.9. The number of rotatable bonds is 4. The van der Waals surface area contributed by atoms with Crippen LogP contribution in [0.1, 0.15) is 19.4 Å². The van der Waals surface area contributed by atoms with Gasteiger partial charge in [0.15, 0.2) is 0 Å². The minimum absolute atomic E-state index is 0.00961. The fourth-order valence-electron chi connectivity index (χ4n) is 1.29. The lowest BCUT2D eigenvalue weighted by Crippen LogP contribution is -2.21. The Bertz CT molecular complexity index is 503. The number of aliphatic hydroxyl groups is 1. The molecule has 1 aromatic rings. The molecule has 0 heterocycles. The Balaban J connectivity index is 2.79. The van der Waals surface area contributed by atoms with Crippen LogP contribution in [0.5, 0.6) is 0 Å². The first-order valence-corrected chi connectivity index (χ1v) is 6.21. The maximum atomic E-state index is 11.7. The minimum atomic E-state index is -0.261. The van der Waals surface area contributed by atoms with E-state index in [1.807, 2.05) is 13.8 Å². The summed E-state index contributed by atoms with van der Waals surface area (Å²) < 4.78 is 5.21. The van der Waals surface area contributed by atoms with Gasteiger partial charge in [-0.3, -0.25) is 4.79 Å². The van der Waals surface area contributed by atoms with Crippen LogP contribution in [-0.2, 0) is 9.53 Å². The molecule has 0 radical (unpaired) electrons. The van der Waals surface area contributed by atoms with Crippen molar-refractivity contribution in [3.8, 4) is 11.8 Å². The Morgan fingerprint density at radius 1 is 1.53 bits per heavy atom. The van der Waals surface area contributed by atoms with E-state index in [1.165, 1.54) is 0 Å². The van der Waals surface area contributed by atoms with Crippen LogP contribution in [0.25, 0.3) is 0 Å². The van der Waals surface area contributed by atoms with E-state index in [9.17, 15) is 4.79 Å². The number of aliphatic hydroxyl groups excluding tert-OH is 1. The molecule has 0 saturated carbocycles. The Labute approximate surface area is 117 Å². The number of anilines is 1. The van der Waals surface area contributed by atoms with Gasteiger partial charge in [-0.05, 0) is 32.0 Å². The molecule has 0 unspecified atom stereocenters. The molecule has 4 nitrogen and oxygen atoms in total. The van der Waals surface area contributed by atoms with Crippen molar-refractivity contribution < 1.29 is 14.6 Å². The van der Waals surface area contributed by atoms with Crippen LogP contribution in [0.15, 0.2) is 18.2 Å². The maximum absolute atomic E-state index is 11.7. The highest BCUT2D eigenvalue weighted by Crippen LogP contribution is 2.19. The molecule has 102 valence electrons. The predicted octanol–water partition coefficient (Wildman–Crippen LogP) is 2.05. The first kappa shape index (κ1) is 15.5. The van der Waals surface area contributed by atoms with Gasteiger partial charge in [0.05, 0.1) is 11.8 Å². The molecule has 1 rings (SSSR count). The number of hydrogen-bond donors (Lipinski definition) is 2. The second kappa shape index (κ2) is 7.80. The topological polar surface area (TPSA) is 58.6 Å². The van der Waals surface area contributed by atoms with Gasteiger partial charge in [0, 0.05) is 10.6 Å². The van der Waals surface area contributed by atoms with Gasteiger partial charge in [-0.25, -0.2) is 0 Å². The first-order valence-electron chi connectivity index (χ1n) is 5.83. The van der Waals surface area contributed by atoms with Gasteiger partial charge < -0.3 is 15.2 Å². The normalized spacial score (nSPS) is 9.95. The van der Waals surface area contributed by atoms with E-state index in [0.717, 1.165) is 0 Å². The smallest absolute Gasteiger partial charge is 0.250 e. The quantitative estimate of drug-likeness (QED) is 0.831. The highest BCUT2D eigenvalue weighted by Gasteiger charge is 2.07. The van der Waals surface area contributed by atoms with Gasteiger partial charge in [0.1, 0.15) is 13.2 Å². The average molecular weight is 282 g/mol. The molecule has 0 spiro atoms. The molecule has 1 amide bonds. The monoisotopic (exact) mass is 281 g/mol. The zero-order chi connectivity index (χ0) is 14.3. The van der Waals surface area contributed by atoms with Crippen LogP contribution in [0, 0.1) is 11.8 Å². The van der Waals surface area contributed by atoms with Crippen molar-refractivity contribution in [1.82, 2.24) is 0 Å². The lowest BCUT2D eigenvalue weighted by molar-refractivity contribution is -0.121. The van der Waals surface area contributed by atoms with Crippen molar-refractivity contribution in [2.24, 2.45) is 0 Å². The average Bonchev–Trinajstić information content (AvgIpc) is 2.36. The number of amides is 1. The van der Waals surface area contributed by atoms with Crippen LogP contribution in [-0.4, -0.2) is 30.3 Å². The summed E-state index contributed by atoms with van der Waals surface area (Å²) in [5.41, 5.74) is 1.10. The molecule has 0 bridgehead atoms. The molecule has 0 fully saturated rings. The molecule has 0 aliphatic carbocycles. The predicted molar refractivity (Wildman–Crippen MR) is 75.1 cm³/mol. The van der Waals surface area contributed by atoms with Crippen molar-refractivity contribution in [3.05, 3.63) is 28.8 Å². The van der Waals surface area contributed by atoms with Crippen molar-refractivity contribution in [3.63, 3.8) is 0 Å². The standard InChI is InChI=1S/C14H16ClNO3/c1-10(2)19-9-14(18)16-13-6-5-12(15)8-11(13)4-3-7-17/h5-6,8,10,17H,7,9H2,1-2H3,(H,16,18). The highest BCUT2D eigenvalue weighted by atomic mass is 35.5. The van der Waals surface area contributed by atoms with Gasteiger partial charge >= 0.3 is 0 Å². The molecule has 0 saturated heterocycles. The van der Waals surface area contributed by atoms with Crippen LogP contribution >= 0.6 is 11.6 Å². The summed E-state index contributed by atoms with van der Waals surface area (Å²) in [7, 11) is 0. The fraction of sp³-hybridized carbons (Fsp3) is 0.357. The summed E-state index contributed by atoms with van der Waals surface area (Å²) in [6.07, 6.45) is -0.00961. The van der Waals surface area contributed by atoms with Crippen LogP contribution in [0.3, 0.4) is 0 Å². The van der Waals surface area contributed by atoms with E-state index in [2.05, 4.69) is 17.2 Å².